The molecule has 1 aliphatic rings. The van der Waals surface area contributed by atoms with Crippen LogP contribution in [0.15, 0.2) is 29.2 Å². The zero-order valence-electron chi connectivity index (χ0n) is 14.9. The minimum absolute atomic E-state index is 0.102. The summed E-state index contributed by atoms with van der Waals surface area (Å²) >= 11 is 1.29. The van der Waals surface area contributed by atoms with Crippen molar-refractivity contribution in [3.63, 3.8) is 0 Å². The highest BCUT2D eigenvalue weighted by Crippen LogP contribution is 2.36. The van der Waals surface area contributed by atoms with Crippen molar-refractivity contribution in [1.82, 2.24) is 5.32 Å². The lowest BCUT2D eigenvalue weighted by molar-refractivity contribution is -0.149. The van der Waals surface area contributed by atoms with Crippen molar-refractivity contribution in [3.8, 4) is 6.07 Å². The van der Waals surface area contributed by atoms with E-state index in [2.05, 4.69) is 10.6 Å². The fourth-order valence-corrected chi connectivity index (χ4v) is 3.31. The minimum atomic E-state index is -1.04. The Morgan fingerprint density at radius 2 is 2.12 bits per heavy atom. The average Bonchev–Trinajstić information content (AvgIpc) is 2.60. The van der Waals surface area contributed by atoms with Crippen LogP contribution in [0.25, 0.3) is 0 Å². The molecule has 1 heterocycles. The highest BCUT2D eigenvalue weighted by molar-refractivity contribution is 8.01. The molecule has 2 N–H and O–H groups in total. The molecular formula is C18H21N3O4S. The minimum Gasteiger partial charge on any atom is -0.456 e. The number of hydrogen-bond acceptors (Lipinski definition) is 6. The van der Waals surface area contributed by atoms with Gasteiger partial charge in [0.2, 0.25) is 5.91 Å². The van der Waals surface area contributed by atoms with Crippen molar-refractivity contribution < 1.29 is 19.1 Å². The number of nitrogens with one attached hydrogen (secondary N) is 2. The first-order valence-corrected chi connectivity index (χ1v) is 9.07. The van der Waals surface area contributed by atoms with Crippen molar-refractivity contribution >= 4 is 35.2 Å². The number of nitriles is 1. The van der Waals surface area contributed by atoms with E-state index in [9.17, 15) is 19.6 Å². The quantitative estimate of drug-likeness (QED) is 0.737. The predicted octanol–water partition coefficient (Wildman–Crippen LogP) is 2.09. The van der Waals surface area contributed by atoms with Gasteiger partial charge in [0.15, 0.2) is 6.61 Å². The fraction of sp³-hybridized carbons (Fsp3) is 0.444. The van der Waals surface area contributed by atoms with Gasteiger partial charge in [0.1, 0.15) is 5.54 Å². The second kappa shape index (κ2) is 8.23. The van der Waals surface area contributed by atoms with Gasteiger partial charge in [-0.15, -0.1) is 11.8 Å². The molecule has 0 fully saturated rings. The van der Waals surface area contributed by atoms with Crippen LogP contribution in [-0.2, 0) is 19.1 Å². The van der Waals surface area contributed by atoms with E-state index in [1.807, 2.05) is 38.1 Å². The fourth-order valence-electron chi connectivity index (χ4n) is 2.21. The molecule has 0 saturated carbocycles. The van der Waals surface area contributed by atoms with Gasteiger partial charge in [-0.25, -0.2) is 0 Å². The molecule has 0 aliphatic carbocycles. The molecule has 2 atom stereocenters. The molecule has 0 aromatic heterocycles. The Bertz CT molecular complexity index is 759. The van der Waals surface area contributed by atoms with Crippen LogP contribution < -0.4 is 10.6 Å². The number of fused-ring (bicyclic) bond motifs is 1. The summed E-state index contributed by atoms with van der Waals surface area (Å²) < 4.78 is 4.96. The number of anilines is 1. The maximum Gasteiger partial charge on any atom is 0.307 e. The third-order valence-corrected chi connectivity index (χ3v) is 5.48. The molecule has 0 radical (unpaired) electrons. The normalized spacial score (nSPS) is 18.1. The molecule has 0 saturated heterocycles. The summed E-state index contributed by atoms with van der Waals surface area (Å²) in [7, 11) is 0. The Kier molecular flexibility index (Phi) is 6.27. The van der Waals surface area contributed by atoms with Crippen LogP contribution in [0.2, 0.25) is 0 Å². The van der Waals surface area contributed by atoms with Gasteiger partial charge in [0.25, 0.3) is 5.91 Å². The summed E-state index contributed by atoms with van der Waals surface area (Å²) in [5.74, 6) is -1.57. The predicted molar refractivity (Wildman–Crippen MR) is 97.3 cm³/mol. The smallest absolute Gasteiger partial charge is 0.307 e. The molecule has 0 spiro atoms. The lowest BCUT2D eigenvalue weighted by Crippen LogP contribution is -2.50. The Labute approximate surface area is 156 Å². The van der Waals surface area contributed by atoms with Crippen LogP contribution in [-0.4, -0.2) is 35.2 Å². The topological polar surface area (TPSA) is 108 Å². The number of hydrogen-bond donors (Lipinski definition) is 2. The van der Waals surface area contributed by atoms with E-state index in [0.29, 0.717) is 0 Å². The molecule has 1 aliphatic heterocycles. The van der Waals surface area contributed by atoms with Crippen LogP contribution in [0.3, 0.4) is 0 Å². The molecule has 2 rings (SSSR count). The molecule has 1 aromatic rings. The second-order valence-corrected chi connectivity index (χ2v) is 7.72. The van der Waals surface area contributed by atoms with Gasteiger partial charge in [-0.2, -0.15) is 5.26 Å². The first-order chi connectivity index (χ1) is 12.2. The maximum absolute atomic E-state index is 12.1. The third-order valence-electron chi connectivity index (χ3n) is 4.21. The number of carbonyl (C=O) groups is 3. The zero-order chi connectivity index (χ0) is 19.3. The van der Waals surface area contributed by atoms with E-state index in [1.54, 1.807) is 13.0 Å². The Hall–Kier alpha value is -2.53. The summed E-state index contributed by atoms with van der Waals surface area (Å²) in [5, 5.41) is 13.9. The second-order valence-electron chi connectivity index (χ2n) is 6.47. The molecule has 0 bridgehead atoms. The molecule has 0 unspecified atom stereocenters. The maximum atomic E-state index is 12.1. The van der Waals surface area contributed by atoms with Crippen LogP contribution >= 0.6 is 11.8 Å². The molecule has 7 nitrogen and oxygen atoms in total. The summed E-state index contributed by atoms with van der Waals surface area (Å²) in [6.45, 7) is 4.74. The van der Waals surface area contributed by atoms with E-state index in [1.165, 1.54) is 11.8 Å². The van der Waals surface area contributed by atoms with Crippen molar-refractivity contribution in [3.05, 3.63) is 24.3 Å². The van der Waals surface area contributed by atoms with Gasteiger partial charge in [-0.1, -0.05) is 26.0 Å². The lowest BCUT2D eigenvalue weighted by atomic mass is 9.90. The van der Waals surface area contributed by atoms with E-state index < -0.39 is 29.3 Å². The number of nitrogens with zero attached hydrogens (tertiary/aromatic N) is 1. The molecule has 26 heavy (non-hydrogen) atoms. The number of rotatable bonds is 6. The molecule has 8 heteroatoms. The van der Waals surface area contributed by atoms with E-state index in [4.69, 9.17) is 4.74 Å². The number of carbonyl (C=O) groups excluding carboxylic acids is 3. The van der Waals surface area contributed by atoms with Crippen LogP contribution in [0.1, 0.15) is 27.2 Å². The van der Waals surface area contributed by atoms with Crippen molar-refractivity contribution in [2.24, 2.45) is 5.92 Å². The number of amides is 2. The van der Waals surface area contributed by atoms with Crippen LogP contribution in [0.5, 0.6) is 0 Å². The van der Waals surface area contributed by atoms with Crippen molar-refractivity contribution in [2.75, 3.05) is 11.9 Å². The van der Waals surface area contributed by atoms with Crippen molar-refractivity contribution in [1.29, 1.82) is 5.26 Å². The van der Waals surface area contributed by atoms with Gasteiger partial charge in [0.05, 0.1) is 23.4 Å². The highest BCUT2D eigenvalue weighted by Gasteiger charge is 2.31. The van der Waals surface area contributed by atoms with Gasteiger partial charge < -0.3 is 15.4 Å². The van der Waals surface area contributed by atoms with Crippen LogP contribution in [0, 0.1) is 17.2 Å². The Balaban J connectivity index is 1.85. The highest BCUT2D eigenvalue weighted by atomic mass is 32.2. The molecule has 1 aromatic carbocycles. The largest absolute Gasteiger partial charge is 0.456 e. The number of esters is 1. The standard InChI is InChI=1S/C18H21N3O4S/c1-11(2)18(3,10-19)21-15(22)9-25-16(23)8-14-17(24)20-12-6-4-5-7-13(12)26-14/h4-7,11,14H,8-9H2,1-3H3,(H,20,24)(H,21,22)/t14-,18+/m1/s1. The number of ether oxygens (including phenoxy) is 1. The Morgan fingerprint density at radius 3 is 2.77 bits per heavy atom. The monoisotopic (exact) mass is 375 g/mol. The first kappa shape index (κ1) is 19.8. The van der Waals surface area contributed by atoms with E-state index in [-0.39, 0.29) is 18.2 Å². The van der Waals surface area contributed by atoms with Gasteiger partial charge in [-0.05, 0) is 25.0 Å². The Morgan fingerprint density at radius 1 is 1.42 bits per heavy atom. The van der Waals surface area contributed by atoms with Crippen molar-refractivity contribution in [2.45, 2.75) is 42.9 Å². The van der Waals surface area contributed by atoms with Gasteiger partial charge >= 0.3 is 5.97 Å². The van der Waals surface area contributed by atoms with Crippen LogP contribution in [0.4, 0.5) is 5.69 Å². The molecule has 2 amide bonds. The number of para-hydroxylation sites is 1. The summed E-state index contributed by atoms with van der Waals surface area (Å²) in [6.07, 6.45) is -0.141. The lowest BCUT2D eigenvalue weighted by Gasteiger charge is -2.27. The summed E-state index contributed by atoms with van der Waals surface area (Å²) in [6, 6.07) is 9.37. The number of benzene rings is 1. The number of thioether (sulfide) groups is 1. The van der Waals surface area contributed by atoms with Gasteiger partial charge in [0, 0.05) is 4.90 Å². The third kappa shape index (κ3) is 4.76. The van der Waals surface area contributed by atoms with E-state index in [0.717, 1.165) is 10.6 Å². The van der Waals surface area contributed by atoms with E-state index >= 15 is 0 Å². The zero-order valence-corrected chi connectivity index (χ0v) is 15.7. The van der Waals surface area contributed by atoms with Gasteiger partial charge in [-0.3, -0.25) is 14.4 Å². The SMILES string of the molecule is CC(C)[C@](C)(C#N)NC(=O)COC(=O)C[C@H]1Sc2ccccc2NC1=O. The molecule has 138 valence electrons. The molecular weight excluding hydrogens is 354 g/mol. The summed E-state index contributed by atoms with van der Waals surface area (Å²) in [5.41, 5.74) is -0.317. The first-order valence-electron chi connectivity index (χ1n) is 8.19. The average molecular weight is 375 g/mol. The summed E-state index contributed by atoms with van der Waals surface area (Å²) in [4.78, 5) is 36.9.